The largest absolute Gasteiger partial charge is 0.204 e. The van der Waals surface area contributed by atoms with Crippen LogP contribution < -0.4 is 0 Å². The summed E-state index contributed by atoms with van der Waals surface area (Å²) in [5, 5.41) is 8.88. The molecule has 18 heavy (non-hydrogen) atoms. The van der Waals surface area contributed by atoms with E-state index in [2.05, 4.69) is 0 Å². The third-order valence-corrected chi connectivity index (χ3v) is 2.63. The summed E-state index contributed by atoms with van der Waals surface area (Å²) in [6.07, 6.45) is 0.526. The number of rotatable bonds is 3. The number of nitriles is 1. The predicted molar refractivity (Wildman–Crippen MR) is 59.4 cm³/mol. The Hall–Kier alpha value is -1.83. The van der Waals surface area contributed by atoms with E-state index in [4.69, 9.17) is 5.26 Å². The average molecular weight is 257 g/mol. The van der Waals surface area contributed by atoms with E-state index in [1.807, 2.05) is 6.07 Å². The van der Waals surface area contributed by atoms with Crippen LogP contribution in [-0.2, 0) is 0 Å². The van der Waals surface area contributed by atoms with Crippen LogP contribution >= 0.6 is 0 Å². The molecule has 0 spiro atoms. The number of hydrogen-bond donors (Lipinski definition) is 0. The van der Waals surface area contributed by atoms with Gasteiger partial charge in [0, 0.05) is 11.1 Å². The van der Waals surface area contributed by atoms with E-state index in [1.54, 1.807) is 13.8 Å². The molecule has 0 unspecified atom stereocenters. The first-order valence-corrected chi connectivity index (χ1v) is 5.43. The Morgan fingerprint density at radius 3 is 2.11 bits per heavy atom. The Balaban J connectivity index is 3.61. The molecule has 0 atom stereocenters. The maximum atomic E-state index is 13.6. The topological polar surface area (TPSA) is 23.8 Å². The van der Waals surface area contributed by atoms with Crippen molar-refractivity contribution >= 4 is 5.57 Å². The lowest BCUT2D eigenvalue weighted by atomic mass is 9.96. The van der Waals surface area contributed by atoms with E-state index in [-0.39, 0.29) is 17.6 Å². The number of allylic oxidation sites excluding steroid dienone is 2. The first-order valence-electron chi connectivity index (χ1n) is 5.43. The normalized spacial score (nSPS) is 12.1. The van der Waals surface area contributed by atoms with Gasteiger partial charge in [-0.1, -0.05) is 13.8 Å². The van der Waals surface area contributed by atoms with Crippen molar-refractivity contribution < 1.29 is 17.6 Å². The van der Waals surface area contributed by atoms with E-state index in [9.17, 15) is 17.6 Å². The number of hydrogen-bond acceptors (Lipinski definition) is 1. The van der Waals surface area contributed by atoms with Gasteiger partial charge in [0.2, 0.25) is 0 Å². The molecule has 5 heteroatoms. The quantitative estimate of drug-likeness (QED) is 0.342. The highest BCUT2D eigenvalue weighted by Gasteiger charge is 2.21. The van der Waals surface area contributed by atoms with Crippen LogP contribution in [0.25, 0.3) is 5.57 Å². The Labute approximate surface area is 102 Å². The monoisotopic (exact) mass is 257 g/mol. The molecule has 0 aliphatic carbocycles. The van der Waals surface area contributed by atoms with Gasteiger partial charge >= 0.3 is 0 Å². The Morgan fingerprint density at radius 2 is 1.67 bits per heavy atom. The van der Waals surface area contributed by atoms with Crippen LogP contribution in [0.5, 0.6) is 0 Å². The van der Waals surface area contributed by atoms with Crippen molar-refractivity contribution in [3.63, 3.8) is 0 Å². The number of halogens is 4. The fourth-order valence-corrected chi connectivity index (χ4v) is 1.72. The molecule has 1 aromatic rings. The van der Waals surface area contributed by atoms with E-state index >= 15 is 0 Å². The second-order valence-corrected chi connectivity index (χ2v) is 3.62. The summed E-state index contributed by atoms with van der Waals surface area (Å²) in [4.78, 5) is 0. The lowest BCUT2D eigenvalue weighted by Crippen LogP contribution is -2.02. The Kier molecular flexibility index (Phi) is 4.49. The molecule has 0 saturated heterocycles. The second kappa shape index (κ2) is 5.67. The van der Waals surface area contributed by atoms with Crippen LogP contribution in [0.15, 0.2) is 11.6 Å². The van der Waals surface area contributed by atoms with Crippen LogP contribution in [-0.4, -0.2) is 0 Å². The van der Waals surface area contributed by atoms with Crippen LogP contribution in [0.2, 0.25) is 0 Å². The molecule has 0 heterocycles. The van der Waals surface area contributed by atoms with Crippen LogP contribution in [0.1, 0.15) is 32.3 Å². The zero-order chi connectivity index (χ0) is 13.9. The zero-order valence-electron chi connectivity index (χ0n) is 9.95. The molecule has 0 aliphatic heterocycles. The molecule has 0 aliphatic rings. The molecular formula is C13H11F4N. The van der Waals surface area contributed by atoms with Gasteiger partial charge < -0.3 is 0 Å². The highest BCUT2D eigenvalue weighted by atomic mass is 19.2. The summed E-state index contributed by atoms with van der Waals surface area (Å²) >= 11 is 0. The van der Waals surface area contributed by atoms with Gasteiger partial charge in [0.15, 0.2) is 23.3 Å². The van der Waals surface area contributed by atoms with Crippen molar-refractivity contribution in [2.45, 2.75) is 26.7 Å². The minimum atomic E-state index is -1.86. The Bertz CT molecular complexity index is 541. The molecule has 1 nitrogen and oxygen atoms in total. The zero-order valence-corrected chi connectivity index (χ0v) is 9.95. The molecule has 0 N–H and O–H groups in total. The molecule has 0 fully saturated rings. The molecule has 0 saturated carbocycles. The minimum Gasteiger partial charge on any atom is -0.204 e. The maximum absolute atomic E-state index is 13.6. The lowest BCUT2D eigenvalue weighted by molar-refractivity contribution is 0.407. The van der Waals surface area contributed by atoms with Gasteiger partial charge in [-0.3, -0.25) is 0 Å². The second-order valence-electron chi connectivity index (χ2n) is 3.62. The van der Waals surface area contributed by atoms with E-state index in [1.165, 1.54) is 0 Å². The summed E-state index contributed by atoms with van der Waals surface area (Å²) < 4.78 is 52.6. The number of nitrogens with zero attached hydrogens (tertiary/aromatic N) is 1. The molecule has 0 amide bonds. The number of benzene rings is 1. The van der Waals surface area contributed by atoms with Gasteiger partial charge in [0.25, 0.3) is 0 Å². The molecule has 96 valence electrons. The standard InChI is InChI=1S/C13H11F4N/c1-3-7(6-18)8(4-2)9-5-10(14)12(16)13(17)11(9)15/h5H,3-4H2,1-2H3/b8-7-. The third kappa shape index (κ3) is 2.37. The Morgan fingerprint density at radius 1 is 1.06 bits per heavy atom. The maximum Gasteiger partial charge on any atom is 0.198 e. The first-order chi connectivity index (χ1) is 8.47. The smallest absolute Gasteiger partial charge is 0.198 e. The van der Waals surface area contributed by atoms with E-state index in [0.717, 1.165) is 0 Å². The molecule has 1 rings (SSSR count). The summed E-state index contributed by atoms with van der Waals surface area (Å²) in [7, 11) is 0. The summed E-state index contributed by atoms with van der Waals surface area (Å²) in [6, 6.07) is 2.44. The SMILES string of the molecule is CC/C(C#N)=C(\CC)c1cc(F)c(F)c(F)c1F. The molecule has 1 aromatic carbocycles. The molecular weight excluding hydrogens is 246 g/mol. The van der Waals surface area contributed by atoms with Gasteiger partial charge in [-0.25, -0.2) is 17.6 Å². The molecule has 0 radical (unpaired) electrons. The van der Waals surface area contributed by atoms with Crippen molar-refractivity contribution in [1.29, 1.82) is 5.26 Å². The van der Waals surface area contributed by atoms with Gasteiger partial charge in [-0.2, -0.15) is 5.26 Å². The van der Waals surface area contributed by atoms with Crippen LogP contribution in [0, 0.1) is 34.6 Å². The fraction of sp³-hybridized carbons (Fsp3) is 0.308. The summed E-state index contributed by atoms with van der Waals surface area (Å²) in [5.41, 5.74) is 0.0180. The van der Waals surface area contributed by atoms with Gasteiger partial charge in [0.05, 0.1) is 6.07 Å². The van der Waals surface area contributed by atoms with E-state index in [0.29, 0.717) is 12.5 Å². The van der Waals surface area contributed by atoms with E-state index < -0.39 is 28.8 Å². The minimum absolute atomic E-state index is 0.190. The summed E-state index contributed by atoms with van der Waals surface area (Å²) in [6.45, 7) is 3.29. The fourth-order valence-electron chi connectivity index (χ4n) is 1.72. The highest BCUT2D eigenvalue weighted by Crippen LogP contribution is 2.29. The highest BCUT2D eigenvalue weighted by molar-refractivity contribution is 5.72. The van der Waals surface area contributed by atoms with Crippen molar-refractivity contribution in [1.82, 2.24) is 0 Å². The predicted octanol–water partition coefficient (Wildman–Crippen LogP) is 4.34. The molecule has 0 bridgehead atoms. The van der Waals surface area contributed by atoms with Crippen molar-refractivity contribution in [2.24, 2.45) is 0 Å². The average Bonchev–Trinajstić information content (AvgIpc) is 2.38. The first kappa shape index (κ1) is 14.2. The van der Waals surface area contributed by atoms with Crippen molar-refractivity contribution in [2.75, 3.05) is 0 Å². The van der Waals surface area contributed by atoms with Crippen molar-refractivity contribution in [3.05, 3.63) is 40.5 Å². The van der Waals surface area contributed by atoms with Crippen LogP contribution in [0.4, 0.5) is 17.6 Å². The van der Waals surface area contributed by atoms with Crippen LogP contribution in [0.3, 0.4) is 0 Å². The van der Waals surface area contributed by atoms with Gasteiger partial charge in [0.1, 0.15) is 0 Å². The lowest BCUT2D eigenvalue weighted by Gasteiger charge is -2.10. The van der Waals surface area contributed by atoms with Crippen molar-refractivity contribution in [3.8, 4) is 6.07 Å². The molecule has 0 aromatic heterocycles. The third-order valence-electron chi connectivity index (χ3n) is 2.63. The summed E-state index contributed by atoms with van der Waals surface area (Å²) in [5.74, 6) is -6.64. The van der Waals surface area contributed by atoms with Gasteiger partial charge in [-0.05, 0) is 24.5 Å². The van der Waals surface area contributed by atoms with Gasteiger partial charge in [-0.15, -0.1) is 0 Å².